The summed E-state index contributed by atoms with van der Waals surface area (Å²) in [7, 11) is 0. The number of hydrogen-bond donors (Lipinski definition) is 1. The second-order valence-corrected chi connectivity index (χ2v) is 4.11. The Bertz CT molecular complexity index is 250. The Morgan fingerprint density at radius 2 is 2.20 bits per heavy atom. The van der Waals surface area contributed by atoms with Gasteiger partial charge in [0.1, 0.15) is 0 Å². The van der Waals surface area contributed by atoms with E-state index in [9.17, 15) is 9.90 Å². The number of nitrogens with zero attached hydrogens (tertiary/aromatic N) is 1. The fraction of sp³-hybridized carbons (Fsp3) is 0.900. The standard InChI is InChI=1S/C10H17NO4/c1-8(13)11-3-2-10(6-9(11)7-12)14-4-5-15-10/h9,12H,2-7H2,1H3. The average molecular weight is 215 g/mol. The molecule has 2 aliphatic heterocycles. The molecule has 0 aromatic rings. The van der Waals surface area contributed by atoms with Gasteiger partial charge in [0.15, 0.2) is 5.79 Å². The van der Waals surface area contributed by atoms with Crippen LogP contribution in [0.2, 0.25) is 0 Å². The van der Waals surface area contributed by atoms with Crippen molar-refractivity contribution in [2.24, 2.45) is 0 Å². The van der Waals surface area contributed by atoms with Crippen LogP contribution < -0.4 is 0 Å². The van der Waals surface area contributed by atoms with Gasteiger partial charge in [-0.25, -0.2) is 0 Å². The van der Waals surface area contributed by atoms with Crippen LogP contribution in [0.25, 0.3) is 0 Å². The number of ether oxygens (including phenoxy) is 2. The summed E-state index contributed by atoms with van der Waals surface area (Å²) in [5.41, 5.74) is 0. The molecule has 0 bridgehead atoms. The molecule has 86 valence electrons. The van der Waals surface area contributed by atoms with Gasteiger partial charge in [-0.05, 0) is 0 Å². The van der Waals surface area contributed by atoms with E-state index in [1.807, 2.05) is 0 Å². The van der Waals surface area contributed by atoms with Crippen LogP contribution in [0.15, 0.2) is 0 Å². The third-order valence-electron chi connectivity index (χ3n) is 3.15. The first kappa shape index (κ1) is 10.9. The molecule has 0 aromatic heterocycles. The quantitative estimate of drug-likeness (QED) is 0.654. The van der Waals surface area contributed by atoms with Gasteiger partial charge in [0.25, 0.3) is 0 Å². The largest absolute Gasteiger partial charge is 0.394 e. The highest BCUT2D eigenvalue weighted by molar-refractivity contribution is 5.73. The molecular formula is C10H17NO4. The van der Waals surface area contributed by atoms with Gasteiger partial charge in [-0.15, -0.1) is 0 Å². The Kier molecular flexibility index (Phi) is 2.95. The number of carbonyl (C=O) groups is 1. The lowest BCUT2D eigenvalue weighted by Gasteiger charge is -2.42. The summed E-state index contributed by atoms with van der Waals surface area (Å²) in [4.78, 5) is 13.0. The van der Waals surface area contributed by atoms with Crippen molar-refractivity contribution in [1.29, 1.82) is 0 Å². The zero-order valence-corrected chi connectivity index (χ0v) is 8.94. The van der Waals surface area contributed by atoms with Gasteiger partial charge < -0.3 is 19.5 Å². The Balaban J connectivity index is 2.05. The lowest BCUT2D eigenvalue weighted by atomic mass is 9.96. The van der Waals surface area contributed by atoms with Gasteiger partial charge in [0, 0.05) is 26.3 Å². The van der Waals surface area contributed by atoms with Crippen molar-refractivity contribution in [3.8, 4) is 0 Å². The lowest BCUT2D eigenvalue weighted by Crippen LogP contribution is -2.54. The number of amides is 1. The second kappa shape index (κ2) is 4.08. The van der Waals surface area contributed by atoms with Crippen LogP contribution in [-0.4, -0.2) is 54.1 Å². The average Bonchev–Trinajstić information content (AvgIpc) is 2.66. The smallest absolute Gasteiger partial charge is 0.219 e. The minimum absolute atomic E-state index is 0.00176. The number of hydrogen-bond acceptors (Lipinski definition) is 4. The summed E-state index contributed by atoms with van der Waals surface area (Å²) in [5, 5.41) is 9.25. The highest BCUT2D eigenvalue weighted by Gasteiger charge is 2.44. The van der Waals surface area contributed by atoms with Crippen LogP contribution in [0.1, 0.15) is 19.8 Å². The van der Waals surface area contributed by atoms with Crippen molar-refractivity contribution in [3.63, 3.8) is 0 Å². The van der Waals surface area contributed by atoms with Gasteiger partial charge in [-0.2, -0.15) is 0 Å². The molecule has 2 fully saturated rings. The van der Waals surface area contributed by atoms with Crippen LogP contribution in [0.4, 0.5) is 0 Å². The molecule has 1 spiro atoms. The maximum absolute atomic E-state index is 11.3. The monoisotopic (exact) mass is 215 g/mol. The van der Waals surface area contributed by atoms with Gasteiger partial charge in [0.05, 0.1) is 25.9 Å². The highest BCUT2D eigenvalue weighted by atomic mass is 16.7. The summed E-state index contributed by atoms with van der Waals surface area (Å²) in [6.45, 7) is 3.31. The lowest BCUT2D eigenvalue weighted by molar-refractivity contribution is -0.200. The van der Waals surface area contributed by atoms with E-state index in [1.54, 1.807) is 4.90 Å². The minimum atomic E-state index is -0.542. The molecule has 1 atom stereocenters. The van der Waals surface area contributed by atoms with Crippen LogP contribution in [0.5, 0.6) is 0 Å². The van der Waals surface area contributed by atoms with Gasteiger partial charge in [0.2, 0.25) is 5.91 Å². The summed E-state index contributed by atoms with van der Waals surface area (Å²) >= 11 is 0. The Hall–Kier alpha value is -0.650. The summed E-state index contributed by atoms with van der Waals surface area (Å²) in [5.74, 6) is -0.541. The molecule has 1 amide bonds. The van der Waals surface area contributed by atoms with Crippen LogP contribution in [-0.2, 0) is 14.3 Å². The predicted octanol–water partition coefficient (Wildman–Crippen LogP) is -0.267. The molecule has 15 heavy (non-hydrogen) atoms. The third-order valence-corrected chi connectivity index (χ3v) is 3.15. The van der Waals surface area contributed by atoms with Crippen LogP contribution >= 0.6 is 0 Å². The van der Waals surface area contributed by atoms with E-state index < -0.39 is 5.79 Å². The normalized spacial score (nSPS) is 29.7. The van der Waals surface area contributed by atoms with E-state index in [2.05, 4.69) is 0 Å². The SMILES string of the molecule is CC(=O)N1CCC2(CC1CO)OCCO2. The molecule has 5 nitrogen and oxygen atoms in total. The Morgan fingerprint density at radius 1 is 1.53 bits per heavy atom. The molecule has 0 saturated carbocycles. The molecule has 5 heteroatoms. The predicted molar refractivity (Wildman–Crippen MR) is 52.1 cm³/mol. The fourth-order valence-corrected chi connectivity index (χ4v) is 2.38. The third kappa shape index (κ3) is 2.00. The first-order valence-electron chi connectivity index (χ1n) is 5.33. The molecule has 0 aromatic carbocycles. The number of piperidine rings is 1. The number of aliphatic hydroxyl groups is 1. The fourth-order valence-electron chi connectivity index (χ4n) is 2.38. The minimum Gasteiger partial charge on any atom is -0.394 e. The Morgan fingerprint density at radius 3 is 2.73 bits per heavy atom. The van der Waals surface area contributed by atoms with Gasteiger partial charge in [-0.3, -0.25) is 4.79 Å². The van der Waals surface area contributed by atoms with Gasteiger partial charge >= 0.3 is 0 Å². The first-order valence-corrected chi connectivity index (χ1v) is 5.33. The first-order chi connectivity index (χ1) is 7.17. The summed E-state index contributed by atoms with van der Waals surface area (Å²) in [6, 6.07) is -0.172. The summed E-state index contributed by atoms with van der Waals surface area (Å²) < 4.78 is 11.1. The zero-order chi connectivity index (χ0) is 10.9. The maximum Gasteiger partial charge on any atom is 0.219 e. The topological polar surface area (TPSA) is 59.0 Å². The van der Waals surface area contributed by atoms with Gasteiger partial charge in [-0.1, -0.05) is 0 Å². The van der Waals surface area contributed by atoms with Crippen LogP contribution in [0.3, 0.4) is 0 Å². The number of likely N-dealkylation sites (tertiary alicyclic amines) is 1. The molecule has 2 heterocycles. The Labute approximate surface area is 89.0 Å². The molecule has 1 N–H and O–H groups in total. The van der Waals surface area contributed by atoms with Crippen molar-refractivity contribution in [2.45, 2.75) is 31.6 Å². The molecule has 1 unspecified atom stereocenters. The second-order valence-electron chi connectivity index (χ2n) is 4.11. The highest BCUT2D eigenvalue weighted by Crippen LogP contribution is 2.34. The number of aliphatic hydroxyl groups excluding tert-OH is 1. The zero-order valence-electron chi connectivity index (χ0n) is 8.94. The maximum atomic E-state index is 11.3. The van der Waals surface area contributed by atoms with Crippen molar-refractivity contribution in [3.05, 3.63) is 0 Å². The van der Waals surface area contributed by atoms with E-state index >= 15 is 0 Å². The summed E-state index contributed by atoms with van der Waals surface area (Å²) in [6.07, 6.45) is 1.27. The number of carbonyl (C=O) groups excluding carboxylic acids is 1. The van der Waals surface area contributed by atoms with E-state index in [4.69, 9.17) is 9.47 Å². The van der Waals surface area contributed by atoms with E-state index in [0.717, 1.165) is 0 Å². The van der Waals surface area contributed by atoms with E-state index in [1.165, 1.54) is 6.92 Å². The molecule has 2 saturated heterocycles. The molecular weight excluding hydrogens is 198 g/mol. The van der Waals surface area contributed by atoms with Crippen molar-refractivity contribution >= 4 is 5.91 Å². The molecule has 2 aliphatic rings. The van der Waals surface area contributed by atoms with E-state index in [-0.39, 0.29) is 18.6 Å². The molecule has 0 radical (unpaired) electrons. The van der Waals surface area contributed by atoms with Crippen molar-refractivity contribution < 1.29 is 19.4 Å². The number of rotatable bonds is 1. The van der Waals surface area contributed by atoms with E-state index in [0.29, 0.717) is 32.6 Å². The van der Waals surface area contributed by atoms with Crippen molar-refractivity contribution in [1.82, 2.24) is 4.90 Å². The molecule has 0 aliphatic carbocycles. The molecule has 2 rings (SSSR count). The van der Waals surface area contributed by atoms with Crippen molar-refractivity contribution in [2.75, 3.05) is 26.4 Å². The van der Waals surface area contributed by atoms with Crippen LogP contribution in [0, 0.1) is 0 Å².